The highest BCUT2D eigenvalue weighted by Gasteiger charge is 2.46. The summed E-state index contributed by atoms with van der Waals surface area (Å²) in [5.41, 5.74) is 0.192. The summed E-state index contributed by atoms with van der Waals surface area (Å²) in [7, 11) is 1.47. The maximum absolute atomic E-state index is 12.9. The van der Waals surface area contributed by atoms with Crippen LogP contribution in [0.25, 0.3) is 5.69 Å². The van der Waals surface area contributed by atoms with Crippen molar-refractivity contribution in [2.45, 2.75) is 57.0 Å². The zero-order valence-corrected chi connectivity index (χ0v) is 20.0. The highest BCUT2D eigenvalue weighted by Crippen LogP contribution is 2.39. The topological polar surface area (TPSA) is 69.5 Å². The molecule has 28 heavy (non-hydrogen) atoms. The average molecular weight is 537 g/mol. The second-order valence-corrected chi connectivity index (χ2v) is 10.2. The summed E-state index contributed by atoms with van der Waals surface area (Å²) in [6.45, 7) is 9.61. The van der Waals surface area contributed by atoms with E-state index >= 15 is 0 Å². The van der Waals surface area contributed by atoms with Crippen molar-refractivity contribution in [1.82, 2.24) is 19.9 Å². The van der Waals surface area contributed by atoms with Crippen LogP contribution in [0.3, 0.4) is 0 Å². The van der Waals surface area contributed by atoms with E-state index in [4.69, 9.17) is 21.1 Å². The minimum Gasteiger partial charge on any atom is -0.444 e. The first kappa shape index (κ1) is 21.7. The quantitative estimate of drug-likeness (QED) is 0.489. The number of carbonyl (C=O) groups excluding carboxylic acids is 1. The molecule has 1 fully saturated rings. The number of nitrogens with zero attached hydrogens (tertiary/aromatic N) is 4. The lowest BCUT2D eigenvalue weighted by atomic mass is 10.0. The van der Waals surface area contributed by atoms with Crippen LogP contribution in [0.2, 0.25) is 5.02 Å². The Morgan fingerprint density at radius 2 is 2.14 bits per heavy atom. The molecule has 1 aliphatic rings. The first-order valence-electron chi connectivity index (χ1n) is 8.69. The highest BCUT2D eigenvalue weighted by atomic mass is 127. The lowest BCUT2D eigenvalue weighted by molar-refractivity contribution is -0.0626. The van der Waals surface area contributed by atoms with Gasteiger partial charge in [0.15, 0.2) is 0 Å². The predicted octanol–water partition coefficient (Wildman–Crippen LogP) is 5.41. The number of hydrogen-bond acceptors (Lipinski definition) is 6. The highest BCUT2D eigenvalue weighted by molar-refractivity contribution is 14.2. The van der Waals surface area contributed by atoms with Crippen LogP contribution in [0.15, 0.2) is 29.4 Å². The largest absolute Gasteiger partial charge is 0.444 e. The van der Waals surface area contributed by atoms with Crippen molar-refractivity contribution in [2.24, 2.45) is 0 Å². The summed E-state index contributed by atoms with van der Waals surface area (Å²) in [5, 5.41) is 9.55. The van der Waals surface area contributed by atoms with Gasteiger partial charge < -0.3 is 9.47 Å². The number of amides is 1. The second-order valence-electron chi connectivity index (χ2n) is 7.91. The summed E-state index contributed by atoms with van der Waals surface area (Å²) < 4.78 is 13.2. The molecule has 0 bridgehead atoms. The maximum atomic E-state index is 12.9. The molecule has 2 aromatic rings. The number of aromatic nitrogens is 3. The third-order valence-corrected chi connectivity index (χ3v) is 6.25. The summed E-state index contributed by atoms with van der Waals surface area (Å²) in [6, 6.07) is 5.29. The Morgan fingerprint density at radius 3 is 2.75 bits per heavy atom. The van der Waals surface area contributed by atoms with Gasteiger partial charge in [0, 0.05) is 21.2 Å². The molecule has 1 saturated heterocycles. The molecule has 1 amide bonds. The first-order valence-corrected chi connectivity index (χ1v) is 12.4. The number of hydrogen-bond donors (Lipinski definition) is 0. The van der Waals surface area contributed by atoms with Crippen LogP contribution >= 0.6 is 41.7 Å². The van der Waals surface area contributed by atoms with Gasteiger partial charge in [-0.05, 0) is 61.2 Å². The van der Waals surface area contributed by atoms with Crippen molar-refractivity contribution in [3.05, 3.63) is 35.0 Å². The number of halogens is 2. The zero-order valence-electron chi connectivity index (χ0n) is 16.3. The van der Waals surface area contributed by atoms with E-state index in [1.165, 1.54) is 8.93 Å². The van der Waals surface area contributed by atoms with Crippen LogP contribution < -0.4 is 0 Å². The Hall–Kier alpha value is -1.04. The molecule has 0 saturated carbocycles. The molecule has 1 aromatic carbocycles. The van der Waals surface area contributed by atoms with Crippen molar-refractivity contribution in [3.8, 4) is 5.69 Å². The van der Waals surface area contributed by atoms with Gasteiger partial charge in [0.1, 0.15) is 16.4 Å². The molecule has 1 aliphatic heterocycles. The molecular weight excluding hydrogens is 515 g/mol. The SMILES string of the molecule is CC(C)(C)OC(=O)N1C(c2ccc(Cl)c(-n3cc(SI)nn3)c2)COC1(C)C. The molecule has 152 valence electrons. The van der Waals surface area contributed by atoms with Crippen LogP contribution in [0.4, 0.5) is 4.79 Å². The fourth-order valence-electron chi connectivity index (χ4n) is 3.02. The molecule has 0 spiro atoms. The van der Waals surface area contributed by atoms with Crippen molar-refractivity contribution in [2.75, 3.05) is 6.61 Å². The minimum absolute atomic E-state index is 0.303. The summed E-state index contributed by atoms with van der Waals surface area (Å²) in [4.78, 5) is 14.5. The fraction of sp³-hybridized carbons (Fsp3) is 0.500. The van der Waals surface area contributed by atoms with E-state index in [1.54, 1.807) is 15.6 Å². The molecule has 1 atom stereocenters. The van der Waals surface area contributed by atoms with Gasteiger partial charge in [-0.3, -0.25) is 4.90 Å². The molecule has 3 rings (SSSR count). The molecule has 2 heterocycles. The van der Waals surface area contributed by atoms with Gasteiger partial charge in [-0.2, -0.15) is 0 Å². The Bertz CT molecular complexity index is 884. The number of carbonyl (C=O) groups is 1. The Labute approximate surface area is 185 Å². The third kappa shape index (κ3) is 4.58. The van der Waals surface area contributed by atoms with Crippen LogP contribution in [0.5, 0.6) is 0 Å². The maximum Gasteiger partial charge on any atom is 0.413 e. The lowest BCUT2D eigenvalue weighted by Gasteiger charge is -2.35. The Kier molecular flexibility index (Phi) is 6.19. The monoisotopic (exact) mass is 536 g/mol. The molecule has 1 unspecified atom stereocenters. The second kappa shape index (κ2) is 8.00. The van der Waals surface area contributed by atoms with Crippen LogP contribution in [0, 0.1) is 0 Å². The normalized spacial score (nSPS) is 19.1. The van der Waals surface area contributed by atoms with Crippen molar-refractivity contribution in [3.63, 3.8) is 0 Å². The Balaban J connectivity index is 1.97. The van der Waals surface area contributed by atoms with E-state index in [2.05, 4.69) is 31.5 Å². The van der Waals surface area contributed by atoms with Crippen LogP contribution in [-0.2, 0) is 9.47 Å². The van der Waals surface area contributed by atoms with E-state index < -0.39 is 17.4 Å². The van der Waals surface area contributed by atoms with Crippen LogP contribution in [-0.4, -0.2) is 43.9 Å². The van der Waals surface area contributed by atoms with Crippen LogP contribution in [0.1, 0.15) is 46.2 Å². The molecule has 1 aromatic heterocycles. The lowest BCUT2D eigenvalue weighted by Crippen LogP contribution is -2.47. The number of ether oxygens (including phenoxy) is 2. The predicted molar refractivity (Wildman–Crippen MR) is 117 cm³/mol. The van der Waals surface area contributed by atoms with Gasteiger partial charge in [0.05, 0.1) is 29.6 Å². The van der Waals surface area contributed by atoms with E-state index in [0.717, 1.165) is 10.6 Å². The first-order chi connectivity index (χ1) is 13.0. The van der Waals surface area contributed by atoms with Gasteiger partial charge in [-0.25, -0.2) is 9.48 Å². The van der Waals surface area contributed by atoms with E-state index in [1.807, 2.05) is 52.9 Å². The van der Waals surface area contributed by atoms with Gasteiger partial charge in [0.2, 0.25) is 0 Å². The van der Waals surface area contributed by atoms with E-state index in [9.17, 15) is 4.79 Å². The summed E-state index contributed by atoms with van der Waals surface area (Å²) in [5.74, 6) is 0. The fourth-order valence-corrected chi connectivity index (χ4v) is 4.04. The standard InChI is InChI=1S/C18H22ClIN4O3S/c1-17(2,3)27-16(25)24-14(10-26-18(24,4)5)11-6-7-12(19)13(8-11)23-9-15(28-20)21-22-23/h6-9,14H,10H2,1-5H3. The van der Waals surface area contributed by atoms with Gasteiger partial charge in [-0.1, -0.05) is 22.9 Å². The molecule has 10 heteroatoms. The molecule has 0 N–H and O–H groups in total. The van der Waals surface area contributed by atoms with E-state index in [-0.39, 0.29) is 6.04 Å². The average Bonchev–Trinajstić information content (AvgIpc) is 3.17. The third-order valence-electron chi connectivity index (χ3n) is 4.23. The molecular formula is C18H22ClIN4O3S. The van der Waals surface area contributed by atoms with E-state index in [0.29, 0.717) is 17.3 Å². The summed E-state index contributed by atoms with van der Waals surface area (Å²) >= 11 is 8.55. The van der Waals surface area contributed by atoms with Crippen molar-refractivity contribution >= 4 is 47.8 Å². The molecule has 0 aliphatic carbocycles. The molecule has 0 radical (unpaired) electrons. The van der Waals surface area contributed by atoms with Gasteiger partial charge in [0.25, 0.3) is 0 Å². The van der Waals surface area contributed by atoms with Gasteiger partial charge in [-0.15, -0.1) is 5.10 Å². The number of benzene rings is 1. The van der Waals surface area contributed by atoms with Crippen molar-refractivity contribution < 1.29 is 14.3 Å². The Morgan fingerprint density at radius 1 is 1.43 bits per heavy atom. The zero-order chi connectivity index (χ0) is 20.7. The summed E-state index contributed by atoms with van der Waals surface area (Å²) in [6.07, 6.45) is 1.39. The smallest absolute Gasteiger partial charge is 0.413 e. The minimum atomic E-state index is -0.787. The van der Waals surface area contributed by atoms with Gasteiger partial charge >= 0.3 is 6.09 Å². The molecule has 7 nitrogen and oxygen atoms in total. The number of rotatable bonds is 3. The van der Waals surface area contributed by atoms with Crippen molar-refractivity contribution in [1.29, 1.82) is 0 Å².